The van der Waals surface area contributed by atoms with Gasteiger partial charge in [-0.25, -0.2) is 4.79 Å². The molecule has 1 spiro atoms. The highest BCUT2D eigenvalue weighted by molar-refractivity contribution is 5.72. The molecule has 0 radical (unpaired) electrons. The standard InChI is InChI=1S/C20H25FN4O5/c1-19(4-5-19)30-18(26)25-8-12-15(13-9-27-20(12,13)25)29-17-14(21)16(23-10-24-17)28-11-2-6-22-7-3-11/h10-13,15,22H,2-9H2,1H3. The molecule has 0 aromatic carbocycles. The van der Waals surface area contributed by atoms with Crippen LogP contribution in [0, 0.1) is 17.7 Å². The fraction of sp³-hybridized carbons (Fsp3) is 0.750. The fourth-order valence-electron chi connectivity index (χ4n) is 5.03. The molecule has 1 aromatic rings. The first-order valence-corrected chi connectivity index (χ1v) is 10.7. The van der Waals surface area contributed by atoms with Crippen LogP contribution in [0.15, 0.2) is 6.33 Å². The summed E-state index contributed by atoms with van der Waals surface area (Å²) < 4.78 is 38.0. The van der Waals surface area contributed by atoms with E-state index in [1.54, 1.807) is 4.90 Å². The van der Waals surface area contributed by atoms with Crippen LogP contribution in [0.2, 0.25) is 0 Å². The maximum Gasteiger partial charge on any atom is 0.412 e. The molecule has 162 valence electrons. The first-order chi connectivity index (χ1) is 14.5. The highest BCUT2D eigenvalue weighted by atomic mass is 19.1. The van der Waals surface area contributed by atoms with E-state index in [1.807, 2.05) is 6.92 Å². The lowest BCUT2D eigenvalue weighted by molar-refractivity contribution is -0.444. The lowest BCUT2D eigenvalue weighted by Crippen LogP contribution is -2.92. The molecule has 2 aliphatic carbocycles. The van der Waals surface area contributed by atoms with Gasteiger partial charge in [0.15, 0.2) is 5.72 Å². The Morgan fingerprint density at radius 3 is 2.60 bits per heavy atom. The Labute approximate surface area is 173 Å². The van der Waals surface area contributed by atoms with Gasteiger partial charge in [-0.2, -0.15) is 14.4 Å². The smallest absolute Gasteiger partial charge is 0.412 e. The number of amides is 1. The normalized spacial score (nSPS) is 35.7. The number of carbonyl (C=O) groups is 1. The van der Waals surface area contributed by atoms with E-state index >= 15 is 0 Å². The number of nitrogens with one attached hydrogen (secondary N) is 1. The van der Waals surface area contributed by atoms with Crippen LogP contribution < -0.4 is 14.8 Å². The molecule has 4 atom stereocenters. The molecule has 1 amide bonds. The summed E-state index contributed by atoms with van der Waals surface area (Å²) in [6, 6.07) is 0. The first kappa shape index (κ1) is 18.6. The van der Waals surface area contributed by atoms with E-state index in [2.05, 4.69) is 15.3 Å². The zero-order valence-corrected chi connectivity index (χ0v) is 16.8. The second kappa shape index (κ2) is 6.40. The van der Waals surface area contributed by atoms with Crippen molar-refractivity contribution < 1.29 is 28.1 Å². The number of carbonyl (C=O) groups excluding carboxylic acids is 1. The van der Waals surface area contributed by atoms with Crippen LogP contribution >= 0.6 is 0 Å². The van der Waals surface area contributed by atoms with Gasteiger partial charge in [-0.1, -0.05) is 0 Å². The molecule has 1 N–H and O–H groups in total. The van der Waals surface area contributed by atoms with Gasteiger partial charge in [0.25, 0.3) is 11.8 Å². The molecule has 2 saturated carbocycles. The lowest BCUT2D eigenvalue weighted by Gasteiger charge is -2.75. The Balaban J connectivity index is 1.12. The summed E-state index contributed by atoms with van der Waals surface area (Å²) in [5, 5.41) is 3.25. The zero-order chi connectivity index (χ0) is 20.5. The quantitative estimate of drug-likeness (QED) is 0.765. The summed E-state index contributed by atoms with van der Waals surface area (Å²) in [5.74, 6) is -0.881. The van der Waals surface area contributed by atoms with Crippen molar-refractivity contribution in [2.75, 3.05) is 26.2 Å². The van der Waals surface area contributed by atoms with Crippen molar-refractivity contribution in [3.05, 3.63) is 12.1 Å². The maximum absolute atomic E-state index is 14.9. The summed E-state index contributed by atoms with van der Waals surface area (Å²) in [4.78, 5) is 22.1. The Morgan fingerprint density at radius 2 is 1.97 bits per heavy atom. The molecule has 3 saturated heterocycles. The van der Waals surface area contributed by atoms with Crippen LogP contribution in [0.25, 0.3) is 0 Å². The van der Waals surface area contributed by atoms with E-state index in [0.29, 0.717) is 13.2 Å². The zero-order valence-electron chi connectivity index (χ0n) is 16.8. The van der Waals surface area contributed by atoms with Gasteiger partial charge in [0, 0.05) is 6.54 Å². The number of piperidine rings is 2. The predicted octanol–water partition coefficient (Wildman–Crippen LogP) is 1.47. The van der Waals surface area contributed by atoms with Crippen molar-refractivity contribution in [1.29, 1.82) is 0 Å². The monoisotopic (exact) mass is 420 g/mol. The van der Waals surface area contributed by atoms with Crippen molar-refractivity contribution in [1.82, 2.24) is 20.2 Å². The highest BCUT2D eigenvalue weighted by Crippen LogP contribution is 2.64. The van der Waals surface area contributed by atoms with Gasteiger partial charge in [-0.3, -0.25) is 4.90 Å². The summed E-state index contributed by atoms with van der Waals surface area (Å²) in [6.45, 7) is 4.56. The molecule has 5 aliphatic rings. The van der Waals surface area contributed by atoms with Gasteiger partial charge >= 0.3 is 6.09 Å². The molecule has 30 heavy (non-hydrogen) atoms. The van der Waals surface area contributed by atoms with Crippen molar-refractivity contribution >= 4 is 6.09 Å². The van der Waals surface area contributed by atoms with E-state index in [1.165, 1.54) is 6.33 Å². The topological polar surface area (TPSA) is 95.0 Å². The van der Waals surface area contributed by atoms with Crippen molar-refractivity contribution in [3.63, 3.8) is 0 Å². The average Bonchev–Trinajstić information content (AvgIpc) is 3.40. The summed E-state index contributed by atoms with van der Waals surface area (Å²) >= 11 is 0. The maximum atomic E-state index is 14.9. The minimum atomic E-state index is -0.675. The Morgan fingerprint density at radius 1 is 1.23 bits per heavy atom. The third-order valence-electron chi connectivity index (χ3n) is 7.20. The number of hydrogen-bond acceptors (Lipinski definition) is 8. The predicted molar refractivity (Wildman–Crippen MR) is 99.4 cm³/mol. The van der Waals surface area contributed by atoms with E-state index in [-0.39, 0.29) is 47.5 Å². The number of likely N-dealkylation sites (tertiary alicyclic amines) is 1. The van der Waals surface area contributed by atoms with Crippen LogP contribution in [-0.2, 0) is 9.47 Å². The van der Waals surface area contributed by atoms with E-state index in [9.17, 15) is 9.18 Å². The van der Waals surface area contributed by atoms with Crippen LogP contribution in [0.1, 0.15) is 32.6 Å². The van der Waals surface area contributed by atoms with Gasteiger partial charge in [-0.15, -0.1) is 0 Å². The fourth-order valence-corrected chi connectivity index (χ4v) is 5.03. The second-order valence-electron chi connectivity index (χ2n) is 9.15. The molecule has 1 aromatic heterocycles. The van der Waals surface area contributed by atoms with Crippen LogP contribution in [0.4, 0.5) is 9.18 Å². The van der Waals surface area contributed by atoms with Crippen LogP contribution in [0.3, 0.4) is 0 Å². The number of rotatable bonds is 5. The third-order valence-corrected chi connectivity index (χ3v) is 7.20. The number of ether oxygens (including phenoxy) is 4. The minimum Gasteiger partial charge on any atom is -0.472 e. The van der Waals surface area contributed by atoms with Gasteiger partial charge in [0.1, 0.15) is 24.1 Å². The SMILES string of the molecule is CC1(OC(=O)N2CC3C(Oc4ncnc(OC5CCNCC5)c4F)C4COC432)CC1. The van der Waals surface area contributed by atoms with Gasteiger partial charge in [0.05, 0.1) is 18.4 Å². The van der Waals surface area contributed by atoms with Crippen LogP contribution in [-0.4, -0.2) is 70.7 Å². The minimum absolute atomic E-state index is 0.0149. The molecule has 0 bridgehead atoms. The third kappa shape index (κ3) is 2.62. The first-order valence-electron chi connectivity index (χ1n) is 10.7. The molecule has 9 nitrogen and oxygen atoms in total. The lowest BCUT2D eigenvalue weighted by atomic mass is 9.54. The Bertz CT molecular complexity index is 869. The Kier molecular flexibility index (Phi) is 3.96. The number of nitrogens with zero attached hydrogens (tertiary/aromatic N) is 3. The summed E-state index contributed by atoms with van der Waals surface area (Å²) in [7, 11) is 0. The second-order valence-corrected chi connectivity index (χ2v) is 9.15. The number of aromatic nitrogens is 2. The molecular formula is C20H25FN4O5. The van der Waals surface area contributed by atoms with Crippen molar-refractivity contribution in [2.24, 2.45) is 11.8 Å². The van der Waals surface area contributed by atoms with Gasteiger partial charge < -0.3 is 24.3 Å². The van der Waals surface area contributed by atoms with E-state index in [0.717, 1.165) is 38.8 Å². The van der Waals surface area contributed by atoms with E-state index < -0.39 is 11.5 Å². The van der Waals surface area contributed by atoms with E-state index in [4.69, 9.17) is 18.9 Å². The van der Waals surface area contributed by atoms with Crippen LogP contribution in [0.5, 0.6) is 11.8 Å². The molecule has 6 rings (SSSR count). The molecular weight excluding hydrogens is 395 g/mol. The van der Waals surface area contributed by atoms with Crippen molar-refractivity contribution in [3.8, 4) is 11.8 Å². The summed E-state index contributed by atoms with van der Waals surface area (Å²) in [6.07, 6.45) is 4.00. The molecule has 4 unspecified atom stereocenters. The number of halogens is 1. The van der Waals surface area contributed by atoms with Crippen molar-refractivity contribution in [2.45, 2.75) is 56.1 Å². The molecule has 10 heteroatoms. The molecule has 4 heterocycles. The largest absolute Gasteiger partial charge is 0.472 e. The average molecular weight is 420 g/mol. The Hall–Kier alpha value is -2.20. The number of hydrogen-bond donors (Lipinski definition) is 1. The van der Waals surface area contributed by atoms with Gasteiger partial charge in [-0.05, 0) is 45.7 Å². The summed E-state index contributed by atoms with van der Waals surface area (Å²) in [5.41, 5.74) is -0.975. The van der Waals surface area contributed by atoms with Gasteiger partial charge in [0.2, 0.25) is 5.82 Å². The highest BCUT2D eigenvalue weighted by Gasteiger charge is 2.81. The molecule has 3 aliphatic heterocycles. The molecule has 5 fully saturated rings.